The monoisotopic (exact) mass is 211 g/mol. The van der Waals surface area contributed by atoms with Gasteiger partial charge in [-0.3, -0.25) is 4.79 Å². The highest BCUT2D eigenvalue weighted by atomic mass is 16.4. The third-order valence-electron chi connectivity index (χ3n) is 4.12. The summed E-state index contributed by atoms with van der Waals surface area (Å²) in [6.45, 7) is 1.73. The molecule has 1 saturated heterocycles. The second-order valence-corrected chi connectivity index (χ2v) is 5.23. The van der Waals surface area contributed by atoms with E-state index in [-0.39, 0.29) is 5.92 Å². The van der Waals surface area contributed by atoms with Crippen molar-refractivity contribution >= 4 is 5.97 Å². The van der Waals surface area contributed by atoms with Crippen molar-refractivity contribution in [2.45, 2.75) is 32.1 Å². The number of aliphatic carboxylic acids is 1. The van der Waals surface area contributed by atoms with Crippen LogP contribution in [0.2, 0.25) is 0 Å². The Morgan fingerprint density at radius 2 is 1.87 bits per heavy atom. The third-order valence-corrected chi connectivity index (χ3v) is 4.12. The maximum Gasteiger partial charge on any atom is 0.308 e. The van der Waals surface area contributed by atoms with Crippen LogP contribution in [0.5, 0.6) is 0 Å². The number of hydrogen-bond donors (Lipinski definition) is 1. The molecular weight excluding hydrogens is 190 g/mol. The zero-order valence-electron chi connectivity index (χ0n) is 9.48. The van der Waals surface area contributed by atoms with Crippen molar-refractivity contribution in [3.8, 4) is 0 Å². The molecule has 2 rings (SSSR count). The van der Waals surface area contributed by atoms with Crippen molar-refractivity contribution in [2.24, 2.45) is 17.8 Å². The fourth-order valence-electron chi connectivity index (χ4n) is 3.33. The molecule has 1 saturated carbocycles. The van der Waals surface area contributed by atoms with E-state index in [9.17, 15) is 9.90 Å². The third kappa shape index (κ3) is 2.33. The number of carboxylic acids is 1. The Kier molecular flexibility index (Phi) is 3.29. The van der Waals surface area contributed by atoms with Crippen LogP contribution in [0.25, 0.3) is 0 Å². The van der Waals surface area contributed by atoms with Gasteiger partial charge < -0.3 is 10.0 Å². The van der Waals surface area contributed by atoms with Crippen LogP contribution in [0.1, 0.15) is 32.1 Å². The van der Waals surface area contributed by atoms with Crippen LogP contribution < -0.4 is 0 Å². The summed E-state index contributed by atoms with van der Waals surface area (Å²) < 4.78 is 0. The first-order chi connectivity index (χ1) is 7.18. The van der Waals surface area contributed by atoms with Crippen molar-refractivity contribution in [3.63, 3.8) is 0 Å². The predicted molar refractivity (Wildman–Crippen MR) is 58.7 cm³/mol. The number of carbonyl (C=O) groups is 1. The Hall–Kier alpha value is -0.570. The Morgan fingerprint density at radius 1 is 1.20 bits per heavy atom. The standard InChI is InChI=1S/C12H21NO2/c1-13-7-10(11(8-13)12(14)15)9-5-3-2-4-6-9/h9-11H,2-8H2,1H3,(H,14,15). The first kappa shape index (κ1) is 10.9. The molecule has 86 valence electrons. The predicted octanol–water partition coefficient (Wildman–Crippen LogP) is 1.83. The number of carboxylic acid groups (broad SMARTS) is 1. The van der Waals surface area contributed by atoms with Crippen LogP contribution in [-0.4, -0.2) is 36.1 Å². The lowest BCUT2D eigenvalue weighted by atomic mass is 9.75. The molecule has 2 atom stereocenters. The Labute approximate surface area is 91.5 Å². The van der Waals surface area contributed by atoms with Crippen molar-refractivity contribution in [2.75, 3.05) is 20.1 Å². The molecule has 0 amide bonds. The lowest BCUT2D eigenvalue weighted by Crippen LogP contribution is -2.29. The highest BCUT2D eigenvalue weighted by molar-refractivity contribution is 5.71. The molecule has 0 aromatic carbocycles. The minimum absolute atomic E-state index is 0.113. The summed E-state index contributed by atoms with van der Waals surface area (Å²) in [5.41, 5.74) is 0. The van der Waals surface area contributed by atoms with Crippen LogP contribution in [0.3, 0.4) is 0 Å². The minimum Gasteiger partial charge on any atom is -0.481 e. The molecule has 0 spiro atoms. The molecule has 2 aliphatic rings. The fraction of sp³-hybridized carbons (Fsp3) is 0.917. The van der Waals surface area contributed by atoms with Crippen molar-refractivity contribution < 1.29 is 9.90 Å². The minimum atomic E-state index is -0.588. The quantitative estimate of drug-likeness (QED) is 0.757. The summed E-state index contributed by atoms with van der Waals surface area (Å²) in [4.78, 5) is 13.4. The molecule has 0 aromatic rings. The van der Waals surface area contributed by atoms with Gasteiger partial charge in [-0.1, -0.05) is 32.1 Å². The summed E-state index contributed by atoms with van der Waals surface area (Å²) in [7, 11) is 2.04. The zero-order chi connectivity index (χ0) is 10.8. The van der Waals surface area contributed by atoms with E-state index in [1.54, 1.807) is 0 Å². The van der Waals surface area contributed by atoms with Crippen LogP contribution in [0.15, 0.2) is 0 Å². The highest BCUT2D eigenvalue weighted by Crippen LogP contribution is 2.37. The van der Waals surface area contributed by atoms with E-state index in [1.165, 1.54) is 32.1 Å². The molecule has 1 N–H and O–H groups in total. The molecule has 3 nitrogen and oxygen atoms in total. The van der Waals surface area contributed by atoms with Gasteiger partial charge in [-0.25, -0.2) is 0 Å². The Morgan fingerprint density at radius 3 is 2.47 bits per heavy atom. The molecule has 1 aliphatic heterocycles. The molecule has 1 aliphatic carbocycles. The van der Waals surface area contributed by atoms with Gasteiger partial charge in [-0.05, 0) is 18.9 Å². The van der Waals surface area contributed by atoms with Gasteiger partial charge in [-0.15, -0.1) is 0 Å². The molecule has 2 fully saturated rings. The smallest absolute Gasteiger partial charge is 0.308 e. The fourth-order valence-corrected chi connectivity index (χ4v) is 3.33. The molecule has 0 aromatic heterocycles. The van der Waals surface area contributed by atoms with E-state index >= 15 is 0 Å². The summed E-state index contributed by atoms with van der Waals surface area (Å²) in [5.74, 6) is 0.380. The number of nitrogens with zero attached hydrogens (tertiary/aromatic N) is 1. The van der Waals surface area contributed by atoms with Gasteiger partial charge in [0.05, 0.1) is 5.92 Å². The second-order valence-electron chi connectivity index (χ2n) is 5.23. The molecule has 0 bridgehead atoms. The zero-order valence-corrected chi connectivity index (χ0v) is 9.48. The summed E-state index contributed by atoms with van der Waals surface area (Å²) in [6, 6.07) is 0. The topological polar surface area (TPSA) is 40.5 Å². The van der Waals surface area contributed by atoms with Crippen molar-refractivity contribution in [3.05, 3.63) is 0 Å². The summed E-state index contributed by atoms with van der Waals surface area (Å²) in [5, 5.41) is 9.21. The maximum atomic E-state index is 11.2. The van der Waals surface area contributed by atoms with E-state index in [0.717, 1.165) is 13.1 Å². The van der Waals surface area contributed by atoms with Crippen LogP contribution in [0, 0.1) is 17.8 Å². The van der Waals surface area contributed by atoms with Gasteiger partial charge in [0.1, 0.15) is 0 Å². The van der Waals surface area contributed by atoms with E-state index in [0.29, 0.717) is 11.8 Å². The molecule has 2 unspecified atom stereocenters. The number of likely N-dealkylation sites (tertiary alicyclic amines) is 1. The molecule has 0 radical (unpaired) electrons. The van der Waals surface area contributed by atoms with Crippen LogP contribution in [0.4, 0.5) is 0 Å². The van der Waals surface area contributed by atoms with Gasteiger partial charge >= 0.3 is 5.97 Å². The van der Waals surface area contributed by atoms with Gasteiger partial charge in [0.15, 0.2) is 0 Å². The van der Waals surface area contributed by atoms with E-state index in [4.69, 9.17) is 0 Å². The van der Waals surface area contributed by atoms with Gasteiger partial charge in [0.2, 0.25) is 0 Å². The first-order valence-electron chi connectivity index (χ1n) is 6.10. The molecular formula is C12H21NO2. The SMILES string of the molecule is CN1CC(C(=O)O)C(C2CCCCC2)C1. The Balaban J connectivity index is 2.02. The Bertz CT molecular complexity index is 236. The second kappa shape index (κ2) is 4.52. The average molecular weight is 211 g/mol. The highest BCUT2D eigenvalue weighted by Gasteiger charge is 2.40. The van der Waals surface area contributed by atoms with Crippen molar-refractivity contribution in [1.29, 1.82) is 0 Å². The van der Waals surface area contributed by atoms with E-state index in [1.807, 2.05) is 7.05 Å². The van der Waals surface area contributed by atoms with Crippen molar-refractivity contribution in [1.82, 2.24) is 4.90 Å². The summed E-state index contributed by atoms with van der Waals surface area (Å²) in [6.07, 6.45) is 6.45. The summed E-state index contributed by atoms with van der Waals surface area (Å²) >= 11 is 0. The van der Waals surface area contributed by atoms with Gasteiger partial charge in [0.25, 0.3) is 0 Å². The lowest BCUT2D eigenvalue weighted by Gasteiger charge is -2.29. The largest absolute Gasteiger partial charge is 0.481 e. The number of hydrogen-bond acceptors (Lipinski definition) is 2. The number of rotatable bonds is 2. The molecule has 1 heterocycles. The van der Waals surface area contributed by atoms with Gasteiger partial charge in [-0.2, -0.15) is 0 Å². The first-order valence-corrected chi connectivity index (χ1v) is 6.10. The normalized spacial score (nSPS) is 34.5. The van der Waals surface area contributed by atoms with E-state index in [2.05, 4.69) is 4.90 Å². The maximum absolute atomic E-state index is 11.2. The van der Waals surface area contributed by atoms with E-state index < -0.39 is 5.97 Å². The average Bonchev–Trinajstić information content (AvgIpc) is 2.62. The molecule has 15 heavy (non-hydrogen) atoms. The van der Waals surface area contributed by atoms with Crippen LogP contribution >= 0.6 is 0 Å². The lowest BCUT2D eigenvalue weighted by molar-refractivity contribution is -0.143. The van der Waals surface area contributed by atoms with Gasteiger partial charge in [0, 0.05) is 13.1 Å². The molecule has 3 heteroatoms. The van der Waals surface area contributed by atoms with Crippen LogP contribution in [-0.2, 0) is 4.79 Å².